The van der Waals surface area contributed by atoms with Gasteiger partial charge in [0.25, 0.3) is 0 Å². The van der Waals surface area contributed by atoms with Crippen LogP contribution in [0.25, 0.3) is 0 Å². The van der Waals surface area contributed by atoms with Crippen molar-refractivity contribution in [2.45, 2.75) is 116 Å². The van der Waals surface area contributed by atoms with Crippen LogP contribution in [0.4, 0.5) is 0 Å². The van der Waals surface area contributed by atoms with E-state index in [-0.39, 0.29) is 0 Å². The van der Waals surface area contributed by atoms with Gasteiger partial charge >= 0.3 is 0 Å². The van der Waals surface area contributed by atoms with Crippen LogP contribution >= 0.6 is 0 Å². The third-order valence-corrected chi connectivity index (χ3v) is 4.42. The van der Waals surface area contributed by atoms with Crippen LogP contribution in [-0.4, -0.2) is 0 Å². The van der Waals surface area contributed by atoms with Crippen LogP contribution in [-0.2, 0) is 0 Å². The molecule has 0 N–H and O–H groups in total. The molecule has 22 heavy (non-hydrogen) atoms. The van der Waals surface area contributed by atoms with E-state index >= 15 is 0 Å². The quantitative estimate of drug-likeness (QED) is 0.176. The summed E-state index contributed by atoms with van der Waals surface area (Å²) in [7, 11) is 0. The minimum atomic E-state index is 1.20. The molecule has 0 saturated carbocycles. The smallest absolute Gasteiger partial charge is 0.0351 e. The van der Waals surface area contributed by atoms with Crippen LogP contribution < -0.4 is 0 Å². The maximum Gasteiger partial charge on any atom is -0.0351 e. The zero-order valence-corrected chi connectivity index (χ0v) is 15.5. The van der Waals surface area contributed by atoms with Gasteiger partial charge in [0.15, 0.2) is 0 Å². The van der Waals surface area contributed by atoms with Crippen molar-refractivity contribution >= 4 is 0 Å². The summed E-state index contributed by atoms with van der Waals surface area (Å²) < 4.78 is 0. The number of hydrogen-bond donors (Lipinski definition) is 0. The predicted octanol–water partition coefficient (Wildman–Crippen LogP) is 8.38. The Morgan fingerprint density at radius 1 is 0.500 bits per heavy atom. The highest BCUT2D eigenvalue weighted by molar-refractivity contribution is 4.81. The average molecular weight is 307 g/mol. The van der Waals surface area contributed by atoms with Gasteiger partial charge in [0.05, 0.1) is 0 Å². The topological polar surface area (TPSA) is 0 Å². The maximum absolute atomic E-state index is 3.77. The van der Waals surface area contributed by atoms with Crippen molar-refractivity contribution in [3.05, 3.63) is 24.8 Å². The molecule has 0 aliphatic rings. The Morgan fingerprint density at radius 3 is 1.27 bits per heavy atom. The van der Waals surface area contributed by atoms with Gasteiger partial charge in [-0.2, -0.15) is 0 Å². The Hall–Kier alpha value is -0.520. The third kappa shape index (κ3) is 19.5. The first-order valence-electron chi connectivity index (χ1n) is 10.2. The Morgan fingerprint density at radius 2 is 0.864 bits per heavy atom. The molecular weight excluding hydrogens is 264 g/mol. The van der Waals surface area contributed by atoms with Gasteiger partial charge in [0, 0.05) is 0 Å². The van der Waals surface area contributed by atoms with E-state index in [1.165, 1.54) is 109 Å². The Kier molecular flexibility index (Phi) is 20.0. The van der Waals surface area contributed by atoms with Crippen molar-refractivity contribution < 1.29 is 0 Å². The lowest BCUT2D eigenvalue weighted by atomic mass is 10.0. The molecule has 0 heterocycles. The molecule has 0 saturated heterocycles. The van der Waals surface area contributed by atoms with E-state index in [0.717, 1.165) is 0 Å². The lowest BCUT2D eigenvalue weighted by Crippen LogP contribution is -1.82. The molecule has 0 heteroatoms. The summed E-state index contributed by atoms with van der Waals surface area (Å²) in [6.07, 6.45) is 30.5. The molecule has 0 aliphatic carbocycles. The molecule has 0 fully saturated rings. The summed E-state index contributed by atoms with van der Waals surface area (Å²) in [5.41, 5.74) is 0. The van der Waals surface area contributed by atoms with Crippen LogP contribution in [0.2, 0.25) is 0 Å². The summed E-state index contributed by atoms with van der Waals surface area (Å²) in [6, 6.07) is 0. The average Bonchev–Trinajstić information content (AvgIpc) is 2.54. The molecule has 0 aromatic carbocycles. The highest BCUT2D eigenvalue weighted by atomic mass is 14.0. The van der Waals surface area contributed by atoms with Gasteiger partial charge in [-0.1, -0.05) is 95.8 Å². The fourth-order valence-electron chi connectivity index (χ4n) is 2.89. The summed E-state index contributed by atoms with van der Waals surface area (Å²) in [5.74, 6) is 0. The van der Waals surface area contributed by atoms with Gasteiger partial charge in [0.2, 0.25) is 0 Å². The van der Waals surface area contributed by atoms with Crippen LogP contribution in [0.3, 0.4) is 0 Å². The number of rotatable bonds is 18. The normalized spacial score (nSPS) is 11.3. The summed E-state index contributed by atoms with van der Waals surface area (Å²) >= 11 is 0. The Labute approximate surface area is 141 Å². The lowest BCUT2D eigenvalue weighted by molar-refractivity contribution is 0.553. The standard InChI is InChI=1S/C22H42/c1-3-5-7-9-11-13-15-17-19-21-22-20-18-16-14-12-10-8-6-4-2/h3,14,16H,1,4-13,15,17-22H2,2H3. The molecule has 0 aromatic rings. The van der Waals surface area contributed by atoms with Gasteiger partial charge in [-0.15, -0.1) is 6.58 Å². The van der Waals surface area contributed by atoms with Crippen molar-refractivity contribution in [1.82, 2.24) is 0 Å². The first-order chi connectivity index (χ1) is 10.9. The molecule has 0 amide bonds. The minimum absolute atomic E-state index is 1.20. The van der Waals surface area contributed by atoms with Crippen LogP contribution in [0.1, 0.15) is 116 Å². The second-order valence-electron chi connectivity index (χ2n) is 6.72. The molecular formula is C22H42. The second kappa shape index (κ2) is 20.5. The number of hydrogen-bond acceptors (Lipinski definition) is 0. The number of unbranched alkanes of at least 4 members (excludes halogenated alkanes) is 15. The molecule has 0 radical (unpaired) electrons. The largest absolute Gasteiger partial charge is 0.103 e. The van der Waals surface area contributed by atoms with Crippen molar-refractivity contribution in [3.8, 4) is 0 Å². The van der Waals surface area contributed by atoms with Gasteiger partial charge in [-0.25, -0.2) is 0 Å². The first kappa shape index (κ1) is 21.5. The lowest BCUT2D eigenvalue weighted by Gasteiger charge is -2.01. The zero-order chi connectivity index (χ0) is 16.1. The summed E-state index contributed by atoms with van der Waals surface area (Å²) in [4.78, 5) is 0. The number of allylic oxidation sites excluding steroid dienone is 3. The van der Waals surface area contributed by atoms with Gasteiger partial charge in [-0.05, 0) is 38.5 Å². The molecule has 0 atom stereocenters. The second-order valence-corrected chi connectivity index (χ2v) is 6.72. The Balaban J connectivity index is 3.02. The van der Waals surface area contributed by atoms with Gasteiger partial charge < -0.3 is 0 Å². The molecule has 0 bridgehead atoms. The molecule has 0 rings (SSSR count). The van der Waals surface area contributed by atoms with E-state index in [0.29, 0.717) is 0 Å². The molecule has 0 unspecified atom stereocenters. The maximum atomic E-state index is 3.77. The SMILES string of the molecule is C=CCCCCCCCCCCCCC=CCCCCCC. The highest BCUT2D eigenvalue weighted by Crippen LogP contribution is 2.12. The fourth-order valence-corrected chi connectivity index (χ4v) is 2.89. The third-order valence-electron chi connectivity index (χ3n) is 4.42. The molecule has 130 valence electrons. The monoisotopic (exact) mass is 306 g/mol. The van der Waals surface area contributed by atoms with Crippen molar-refractivity contribution in [2.24, 2.45) is 0 Å². The Bertz CT molecular complexity index is 226. The minimum Gasteiger partial charge on any atom is -0.103 e. The summed E-state index contributed by atoms with van der Waals surface area (Å²) in [5, 5.41) is 0. The van der Waals surface area contributed by atoms with Crippen LogP contribution in [0.5, 0.6) is 0 Å². The highest BCUT2D eigenvalue weighted by Gasteiger charge is 1.92. The van der Waals surface area contributed by atoms with E-state index in [2.05, 4.69) is 25.7 Å². The molecule has 0 nitrogen and oxygen atoms in total. The molecule has 0 aliphatic heterocycles. The van der Waals surface area contributed by atoms with Gasteiger partial charge in [-0.3, -0.25) is 0 Å². The van der Waals surface area contributed by atoms with Crippen LogP contribution in [0.15, 0.2) is 24.8 Å². The molecule has 0 aromatic heterocycles. The molecule has 0 spiro atoms. The van der Waals surface area contributed by atoms with Crippen molar-refractivity contribution in [1.29, 1.82) is 0 Å². The van der Waals surface area contributed by atoms with E-state index in [1.54, 1.807) is 0 Å². The van der Waals surface area contributed by atoms with E-state index < -0.39 is 0 Å². The van der Waals surface area contributed by atoms with Crippen LogP contribution in [0, 0.1) is 0 Å². The fraction of sp³-hybridized carbons (Fsp3) is 0.818. The van der Waals surface area contributed by atoms with Gasteiger partial charge in [0.1, 0.15) is 0 Å². The first-order valence-corrected chi connectivity index (χ1v) is 10.2. The van der Waals surface area contributed by atoms with E-state index in [4.69, 9.17) is 0 Å². The van der Waals surface area contributed by atoms with E-state index in [9.17, 15) is 0 Å². The van der Waals surface area contributed by atoms with Crippen molar-refractivity contribution in [2.75, 3.05) is 0 Å². The summed E-state index contributed by atoms with van der Waals surface area (Å²) in [6.45, 7) is 6.05. The predicted molar refractivity (Wildman–Crippen MR) is 104 cm³/mol. The van der Waals surface area contributed by atoms with Crippen molar-refractivity contribution in [3.63, 3.8) is 0 Å². The van der Waals surface area contributed by atoms with E-state index in [1.807, 2.05) is 6.08 Å². The zero-order valence-electron chi connectivity index (χ0n) is 15.5.